The van der Waals surface area contributed by atoms with E-state index in [2.05, 4.69) is 5.32 Å². The minimum atomic E-state index is -2.54. The lowest BCUT2D eigenvalue weighted by Crippen LogP contribution is -2.11. The summed E-state index contributed by atoms with van der Waals surface area (Å²) >= 11 is 0. The molecule has 0 spiro atoms. The van der Waals surface area contributed by atoms with Crippen LogP contribution in [0, 0.1) is 5.82 Å². The maximum Gasteiger partial charge on any atom is 0.263 e. The van der Waals surface area contributed by atoms with Gasteiger partial charge in [0.15, 0.2) is 0 Å². The van der Waals surface area contributed by atoms with E-state index in [0.29, 0.717) is 18.5 Å². The number of likely N-dealkylation sites (N-methyl/N-ethyl adjacent to an activating group) is 1. The molecule has 0 fully saturated rings. The van der Waals surface area contributed by atoms with Gasteiger partial charge in [-0.15, -0.1) is 0 Å². The van der Waals surface area contributed by atoms with E-state index in [9.17, 15) is 13.2 Å². The smallest absolute Gasteiger partial charge is 0.263 e. The Hall–Kier alpha value is -1.03. The molecule has 0 heterocycles. The molecule has 1 aromatic rings. The normalized spacial score (nSPS) is 10.9. The van der Waals surface area contributed by atoms with Crippen LogP contribution in [-0.2, 0) is 6.42 Å². The average Bonchev–Trinajstić information content (AvgIpc) is 2.16. The molecular weight excluding hydrogens is 191 g/mol. The highest BCUT2D eigenvalue weighted by atomic mass is 19.3. The van der Waals surface area contributed by atoms with E-state index in [4.69, 9.17) is 0 Å². The predicted molar refractivity (Wildman–Crippen MR) is 49.0 cm³/mol. The highest BCUT2D eigenvalue weighted by Crippen LogP contribution is 2.21. The number of alkyl halides is 2. The van der Waals surface area contributed by atoms with E-state index in [1.54, 1.807) is 7.05 Å². The van der Waals surface area contributed by atoms with Crippen molar-refractivity contribution in [3.05, 3.63) is 35.1 Å². The van der Waals surface area contributed by atoms with Gasteiger partial charge in [-0.25, -0.2) is 13.2 Å². The number of hydrogen-bond donors (Lipinski definition) is 1. The first kappa shape index (κ1) is 11.0. The molecule has 0 aromatic heterocycles. The second kappa shape index (κ2) is 5.00. The summed E-state index contributed by atoms with van der Waals surface area (Å²) in [4.78, 5) is 0. The fourth-order valence-corrected chi connectivity index (χ4v) is 1.18. The van der Waals surface area contributed by atoms with Gasteiger partial charge < -0.3 is 5.32 Å². The Morgan fingerprint density at radius 2 is 2.07 bits per heavy atom. The number of halogens is 3. The summed E-state index contributed by atoms with van der Waals surface area (Å²) in [6.45, 7) is 0.573. The van der Waals surface area contributed by atoms with E-state index in [1.165, 1.54) is 6.07 Å². The van der Waals surface area contributed by atoms with E-state index >= 15 is 0 Å². The van der Waals surface area contributed by atoms with Crippen molar-refractivity contribution in [1.29, 1.82) is 0 Å². The highest BCUT2D eigenvalue weighted by Gasteiger charge is 2.10. The summed E-state index contributed by atoms with van der Waals surface area (Å²) in [5.74, 6) is -0.426. The summed E-state index contributed by atoms with van der Waals surface area (Å²) in [6.07, 6.45) is -2.12. The Balaban J connectivity index is 2.85. The molecule has 0 aliphatic rings. The number of hydrogen-bond acceptors (Lipinski definition) is 1. The van der Waals surface area contributed by atoms with Crippen molar-refractivity contribution in [3.63, 3.8) is 0 Å². The van der Waals surface area contributed by atoms with Gasteiger partial charge >= 0.3 is 0 Å². The molecule has 0 saturated heterocycles. The van der Waals surface area contributed by atoms with E-state index < -0.39 is 12.2 Å². The standard InChI is InChI=1S/C10H12F3N/c1-14-5-4-7-6-8(10(12)13)2-3-9(7)11/h2-3,6,10,14H,4-5H2,1H3. The molecule has 0 unspecified atom stereocenters. The van der Waals surface area contributed by atoms with Gasteiger partial charge in [0.2, 0.25) is 0 Å². The van der Waals surface area contributed by atoms with Gasteiger partial charge in [-0.2, -0.15) is 0 Å². The molecule has 1 rings (SSSR count). The van der Waals surface area contributed by atoms with Crippen LogP contribution in [0.1, 0.15) is 17.6 Å². The van der Waals surface area contributed by atoms with Crippen LogP contribution in [-0.4, -0.2) is 13.6 Å². The molecule has 0 atom stereocenters. The third kappa shape index (κ3) is 2.73. The molecule has 14 heavy (non-hydrogen) atoms. The molecule has 78 valence electrons. The first-order valence-electron chi connectivity index (χ1n) is 4.36. The van der Waals surface area contributed by atoms with Crippen molar-refractivity contribution in [3.8, 4) is 0 Å². The van der Waals surface area contributed by atoms with Crippen molar-refractivity contribution < 1.29 is 13.2 Å². The Bertz CT molecular complexity index is 299. The van der Waals surface area contributed by atoms with Crippen molar-refractivity contribution in [2.45, 2.75) is 12.8 Å². The lowest BCUT2D eigenvalue weighted by atomic mass is 10.1. The van der Waals surface area contributed by atoms with Crippen LogP contribution >= 0.6 is 0 Å². The highest BCUT2D eigenvalue weighted by molar-refractivity contribution is 5.26. The molecule has 0 aliphatic carbocycles. The lowest BCUT2D eigenvalue weighted by molar-refractivity contribution is 0.151. The summed E-state index contributed by atoms with van der Waals surface area (Å²) < 4.78 is 37.6. The maximum absolute atomic E-state index is 13.1. The summed E-state index contributed by atoms with van der Waals surface area (Å²) in [5.41, 5.74) is 0.203. The fraction of sp³-hybridized carbons (Fsp3) is 0.400. The molecule has 0 aliphatic heterocycles. The largest absolute Gasteiger partial charge is 0.319 e. The second-order valence-corrected chi connectivity index (χ2v) is 3.01. The van der Waals surface area contributed by atoms with Crippen molar-refractivity contribution in [1.82, 2.24) is 5.32 Å². The Morgan fingerprint density at radius 3 is 2.64 bits per heavy atom. The minimum absolute atomic E-state index is 0.127. The topological polar surface area (TPSA) is 12.0 Å². The van der Waals surface area contributed by atoms with Gasteiger partial charge in [0.05, 0.1) is 0 Å². The zero-order valence-electron chi connectivity index (χ0n) is 7.86. The SMILES string of the molecule is CNCCc1cc(C(F)F)ccc1F. The Kier molecular flexibility index (Phi) is 3.95. The number of rotatable bonds is 4. The minimum Gasteiger partial charge on any atom is -0.319 e. The first-order chi connectivity index (χ1) is 6.65. The van der Waals surface area contributed by atoms with Crippen molar-refractivity contribution >= 4 is 0 Å². The van der Waals surface area contributed by atoms with Crippen LogP contribution in [0.4, 0.5) is 13.2 Å². The molecule has 0 radical (unpaired) electrons. The molecule has 0 saturated carbocycles. The second-order valence-electron chi connectivity index (χ2n) is 3.01. The van der Waals surface area contributed by atoms with Crippen LogP contribution in [0.2, 0.25) is 0 Å². The summed E-state index contributed by atoms with van der Waals surface area (Å²) in [5, 5.41) is 2.84. The summed E-state index contributed by atoms with van der Waals surface area (Å²) in [6, 6.07) is 3.42. The van der Waals surface area contributed by atoms with Crippen LogP contribution < -0.4 is 5.32 Å². The Labute approximate surface area is 80.9 Å². The molecular formula is C10H12F3N. The van der Waals surface area contributed by atoms with Crippen LogP contribution in [0.15, 0.2) is 18.2 Å². The van der Waals surface area contributed by atoms with E-state index in [0.717, 1.165) is 12.1 Å². The maximum atomic E-state index is 13.1. The van der Waals surface area contributed by atoms with Crippen LogP contribution in [0.25, 0.3) is 0 Å². The van der Waals surface area contributed by atoms with Crippen molar-refractivity contribution in [2.24, 2.45) is 0 Å². The molecule has 1 N–H and O–H groups in total. The zero-order chi connectivity index (χ0) is 10.6. The monoisotopic (exact) mass is 203 g/mol. The van der Waals surface area contributed by atoms with Gasteiger partial charge in [0.25, 0.3) is 6.43 Å². The van der Waals surface area contributed by atoms with Crippen LogP contribution in [0.5, 0.6) is 0 Å². The number of benzene rings is 1. The molecule has 0 amide bonds. The predicted octanol–water partition coefficient (Wildman–Crippen LogP) is 2.53. The van der Waals surface area contributed by atoms with Crippen molar-refractivity contribution in [2.75, 3.05) is 13.6 Å². The zero-order valence-corrected chi connectivity index (χ0v) is 7.86. The van der Waals surface area contributed by atoms with Crippen LogP contribution in [0.3, 0.4) is 0 Å². The lowest BCUT2D eigenvalue weighted by Gasteiger charge is -2.05. The quantitative estimate of drug-likeness (QED) is 0.792. The molecule has 1 aromatic carbocycles. The Morgan fingerprint density at radius 1 is 1.36 bits per heavy atom. The fourth-order valence-electron chi connectivity index (χ4n) is 1.18. The van der Waals surface area contributed by atoms with E-state index in [-0.39, 0.29) is 5.56 Å². The average molecular weight is 203 g/mol. The van der Waals surface area contributed by atoms with Gasteiger partial charge in [-0.3, -0.25) is 0 Å². The third-order valence-corrected chi connectivity index (χ3v) is 1.97. The number of nitrogens with one attached hydrogen (secondary N) is 1. The van der Waals surface area contributed by atoms with E-state index in [1.807, 2.05) is 0 Å². The molecule has 4 heteroatoms. The summed E-state index contributed by atoms with van der Waals surface area (Å²) in [7, 11) is 1.73. The van der Waals surface area contributed by atoms with Gasteiger partial charge in [-0.05, 0) is 37.7 Å². The first-order valence-corrected chi connectivity index (χ1v) is 4.36. The third-order valence-electron chi connectivity index (χ3n) is 1.97. The molecule has 0 bridgehead atoms. The van der Waals surface area contributed by atoms with Gasteiger partial charge in [0, 0.05) is 5.56 Å². The van der Waals surface area contributed by atoms with Gasteiger partial charge in [0.1, 0.15) is 5.82 Å². The van der Waals surface area contributed by atoms with Gasteiger partial charge in [-0.1, -0.05) is 6.07 Å². The molecule has 1 nitrogen and oxygen atoms in total.